The van der Waals surface area contributed by atoms with Gasteiger partial charge in [-0.3, -0.25) is 4.79 Å². The number of rotatable bonds is 4. The number of carbonyl (C=O) groups is 1. The molecule has 2 aromatic heterocycles. The van der Waals surface area contributed by atoms with Gasteiger partial charge in [0.25, 0.3) is 0 Å². The molecule has 134 valence electrons. The Balaban J connectivity index is 1.44. The summed E-state index contributed by atoms with van der Waals surface area (Å²) in [6.07, 6.45) is 3.10. The van der Waals surface area contributed by atoms with Crippen molar-refractivity contribution in [2.75, 3.05) is 19.8 Å². The molecule has 2 aliphatic rings. The summed E-state index contributed by atoms with van der Waals surface area (Å²) < 4.78 is 16.9. The first-order valence-corrected chi connectivity index (χ1v) is 9.62. The molecule has 0 saturated carbocycles. The summed E-state index contributed by atoms with van der Waals surface area (Å²) >= 11 is 1.51. The molecule has 7 heteroatoms. The van der Waals surface area contributed by atoms with Gasteiger partial charge in [-0.15, -0.1) is 11.3 Å². The Hall–Kier alpha value is -1.70. The number of hydrogen-bond donors (Lipinski definition) is 0. The van der Waals surface area contributed by atoms with Gasteiger partial charge in [0, 0.05) is 11.9 Å². The number of amides is 1. The van der Waals surface area contributed by atoms with Crippen molar-refractivity contribution in [1.82, 2.24) is 9.88 Å². The third-order valence-corrected chi connectivity index (χ3v) is 5.57. The van der Waals surface area contributed by atoms with Crippen molar-refractivity contribution in [2.24, 2.45) is 0 Å². The van der Waals surface area contributed by atoms with Crippen LogP contribution in [0.1, 0.15) is 30.7 Å². The summed E-state index contributed by atoms with van der Waals surface area (Å²) in [5, 5.41) is 2.75. The monoisotopic (exact) mass is 362 g/mol. The number of carbonyl (C=O) groups excluding carboxylic acids is 1. The van der Waals surface area contributed by atoms with Crippen molar-refractivity contribution in [1.29, 1.82) is 0 Å². The summed E-state index contributed by atoms with van der Waals surface area (Å²) in [5.74, 6) is 1.71. The van der Waals surface area contributed by atoms with Crippen molar-refractivity contribution in [3.63, 3.8) is 0 Å². The minimum absolute atomic E-state index is 0.0228. The first-order chi connectivity index (χ1) is 12.2. The number of likely N-dealkylation sites (tertiary alicyclic amines) is 1. The molecule has 0 radical (unpaired) electrons. The molecule has 2 aromatic rings. The normalized spacial score (nSPS) is 21.8. The molecule has 2 saturated heterocycles. The summed E-state index contributed by atoms with van der Waals surface area (Å²) in [6, 6.07) is 3.85. The summed E-state index contributed by atoms with van der Waals surface area (Å²) in [7, 11) is 0. The average Bonchev–Trinajstić information content (AvgIpc) is 3.36. The highest BCUT2D eigenvalue weighted by Gasteiger charge is 2.36. The molecule has 4 rings (SSSR count). The van der Waals surface area contributed by atoms with Crippen LogP contribution in [0.5, 0.6) is 0 Å². The molecular formula is C18H22N2O4S. The van der Waals surface area contributed by atoms with Crippen LogP contribution < -0.4 is 0 Å². The Morgan fingerprint density at radius 3 is 2.92 bits per heavy atom. The van der Waals surface area contributed by atoms with Gasteiger partial charge in [-0.05, 0) is 38.3 Å². The Labute approximate surface area is 150 Å². The molecule has 0 aliphatic carbocycles. The van der Waals surface area contributed by atoms with E-state index in [-0.39, 0.29) is 18.2 Å². The fourth-order valence-corrected chi connectivity index (χ4v) is 4.24. The molecule has 2 aliphatic heterocycles. The zero-order chi connectivity index (χ0) is 17.2. The maximum atomic E-state index is 12.8. The molecule has 1 unspecified atom stereocenters. The smallest absolute Gasteiger partial charge is 0.229 e. The lowest BCUT2D eigenvalue weighted by Gasteiger charge is -2.38. The number of furan rings is 1. The first kappa shape index (κ1) is 16.8. The van der Waals surface area contributed by atoms with Gasteiger partial charge in [-0.2, -0.15) is 0 Å². The molecule has 6 nitrogen and oxygen atoms in total. The van der Waals surface area contributed by atoms with E-state index in [0.29, 0.717) is 19.6 Å². The summed E-state index contributed by atoms with van der Waals surface area (Å²) in [6.45, 7) is 3.90. The molecular weight excluding hydrogens is 340 g/mol. The number of aromatic nitrogens is 1. The highest BCUT2D eigenvalue weighted by molar-refractivity contribution is 7.13. The van der Waals surface area contributed by atoms with Gasteiger partial charge in [-0.25, -0.2) is 4.98 Å². The van der Waals surface area contributed by atoms with Crippen LogP contribution in [0.3, 0.4) is 0 Å². The predicted molar refractivity (Wildman–Crippen MR) is 93.3 cm³/mol. The molecule has 4 heterocycles. The zero-order valence-electron chi connectivity index (χ0n) is 14.3. The lowest BCUT2D eigenvalue weighted by atomic mass is 10.0. The van der Waals surface area contributed by atoms with Gasteiger partial charge >= 0.3 is 0 Å². The lowest BCUT2D eigenvalue weighted by Crippen LogP contribution is -2.50. The fraction of sp³-hybridized carbons (Fsp3) is 0.556. The third-order valence-electron chi connectivity index (χ3n) is 4.67. The van der Waals surface area contributed by atoms with Crippen LogP contribution in [0.25, 0.3) is 10.8 Å². The van der Waals surface area contributed by atoms with Crippen LogP contribution in [0.15, 0.2) is 21.9 Å². The molecule has 2 fully saturated rings. The van der Waals surface area contributed by atoms with Gasteiger partial charge in [0.05, 0.1) is 31.4 Å². The number of nitrogens with zero attached hydrogens (tertiary/aromatic N) is 2. The van der Waals surface area contributed by atoms with Crippen LogP contribution in [0.2, 0.25) is 0 Å². The average molecular weight is 362 g/mol. The molecule has 25 heavy (non-hydrogen) atoms. The van der Waals surface area contributed by atoms with Crippen molar-refractivity contribution < 1.29 is 18.7 Å². The maximum Gasteiger partial charge on any atom is 0.229 e. The Morgan fingerprint density at radius 2 is 2.16 bits per heavy atom. The molecule has 0 spiro atoms. The molecule has 0 bridgehead atoms. The highest BCUT2D eigenvalue weighted by Crippen LogP contribution is 2.28. The second-order valence-electron chi connectivity index (χ2n) is 6.49. The van der Waals surface area contributed by atoms with Crippen molar-refractivity contribution in [3.8, 4) is 10.8 Å². The second-order valence-corrected chi connectivity index (χ2v) is 7.35. The minimum Gasteiger partial charge on any atom is -0.459 e. The quantitative estimate of drug-likeness (QED) is 0.836. The van der Waals surface area contributed by atoms with Gasteiger partial charge < -0.3 is 18.8 Å². The van der Waals surface area contributed by atoms with Gasteiger partial charge in [0.1, 0.15) is 5.76 Å². The van der Waals surface area contributed by atoms with Crippen molar-refractivity contribution >= 4 is 17.2 Å². The van der Waals surface area contributed by atoms with E-state index < -0.39 is 0 Å². The van der Waals surface area contributed by atoms with E-state index in [9.17, 15) is 4.79 Å². The number of thiazole rings is 1. The number of ether oxygens (including phenoxy) is 2. The highest BCUT2D eigenvalue weighted by atomic mass is 32.1. The van der Waals surface area contributed by atoms with Crippen LogP contribution in [0, 0.1) is 6.92 Å². The second kappa shape index (κ2) is 7.27. The lowest BCUT2D eigenvalue weighted by molar-refractivity contribution is -0.150. The maximum absolute atomic E-state index is 12.8. The number of piperidine rings is 1. The van der Waals surface area contributed by atoms with E-state index in [2.05, 4.69) is 4.98 Å². The van der Waals surface area contributed by atoms with Gasteiger partial charge in [0.15, 0.2) is 17.1 Å². The van der Waals surface area contributed by atoms with Gasteiger partial charge in [0.2, 0.25) is 5.91 Å². The van der Waals surface area contributed by atoms with Crippen LogP contribution in [-0.4, -0.2) is 47.9 Å². The Morgan fingerprint density at radius 1 is 1.32 bits per heavy atom. The van der Waals surface area contributed by atoms with E-state index in [1.807, 2.05) is 29.3 Å². The molecule has 1 atom stereocenters. The number of aryl methyl sites for hydroxylation is 1. The standard InChI is InChI=1S/C18H22N2O4S/c1-12-5-6-15(24-12)17-19-13(11-25-17)10-16(21)20-7-3-2-4-14(20)18-22-8-9-23-18/h5-6,11,14,18H,2-4,7-10H2,1H3. The molecule has 1 amide bonds. The van der Waals surface area contributed by atoms with Crippen LogP contribution in [0.4, 0.5) is 0 Å². The fourth-order valence-electron chi connectivity index (χ4n) is 3.46. The topological polar surface area (TPSA) is 64.8 Å². The Kier molecular flexibility index (Phi) is 4.87. The first-order valence-electron chi connectivity index (χ1n) is 8.74. The predicted octanol–water partition coefficient (Wildman–Crippen LogP) is 3.01. The third kappa shape index (κ3) is 3.63. The van der Waals surface area contributed by atoms with Crippen LogP contribution in [-0.2, 0) is 20.7 Å². The van der Waals surface area contributed by atoms with E-state index in [1.54, 1.807) is 0 Å². The van der Waals surface area contributed by atoms with E-state index in [0.717, 1.165) is 48.0 Å². The zero-order valence-corrected chi connectivity index (χ0v) is 15.1. The summed E-state index contributed by atoms with van der Waals surface area (Å²) in [4.78, 5) is 19.3. The summed E-state index contributed by atoms with van der Waals surface area (Å²) in [5.41, 5.74) is 0.789. The Bertz CT molecular complexity index is 735. The molecule has 0 N–H and O–H groups in total. The van der Waals surface area contributed by atoms with E-state index in [4.69, 9.17) is 13.9 Å². The van der Waals surface area contributed by atoms with Gasteiger partial charge in [-0.1, -0.05) is 0 Å². The van der Waals surface area contributed by atoms with Crippen molar-refractivity contribution in [3.05, 3.63) is 29.0 Å². The molecule has 0 aromatic carbocycles. The van der Waals surface area contributed by atoms with Crippen LogP contribution >= 0.6 is 11.3 Å². The van der Waals surface area contributed by atoms with Crippen molar-refractivity contribution in [2.45, 2.75) is 44.9 Å². The SMILES string of the molecule is Cc1ccc(-c2nc(CC(=O)N3CCCCC3C3OCCO3)cs2)o1. The van der Waals surface area contributed by atoms with E-state index >= 15 is 0 Å². The largest absolute Gasteiger partial charge is 0.459 e. The van der Waals surface area contributed by atoms with E-state index in [1.165, 1.54) is 11.3 Å². The minimum atomic E-state index is -0.277. The number of hydrogen-bond acceptors (Lipinski definition) is 6.